The molecule has 0 fully saturated rings. The van der Waals surface area contributed by atoms with Crippen molar-refractivity contribution in [1.29, 1.82) is 0 Å². The van der Waals surface area contributed by atoms with E-state index in [2.05, 4.69) is 44.5 Å². The lowest BCUT2D eigenvalue weighted by Gasteiger charge is -2.31. The molecule has 1 rings (SSSR count). The van der Waals surface area contributed by atoms with Gasteiger partial charge in [-0.05, 0) is 20.8 Å². The molecule has 0 aliphatic carbocycles. The highest BCUT2D eigenvalue weighted by Crippen LogP contribution is 2.28. The zero-order valence-corrected chi connectivity index (χ0v) is 13.8. The molecule has 0 saturated heterocycles. The second-order valence-corrected chi connectivity index (χ2v) is 6.22. The third-order valence-corrected chi connectivity index (χ3v) is 3.38. The third kappa shape index (κ3) is 3.60. The maximum atomic E-state index is 6.08. The lowest BCUT2D eigenvalue weighted by atomic mass is 9.95. The van der Waals surface area contributed by atoms with Crippen LogP contribution in [-0.4, -0.2) is 36.3 Å². The largest absolute Gasteiger partial charge is 0.383 e. The minimum atomic E-state index is -0.125. The highest BCUT2D eigenvalue weighted by atomic mass is 16.5. The maximum absolute atomic E-state index is 6.08. The van der Waals surface area contributed by atoms with Crippen LogP contribution in [0.2, 0.25) is 0 Å². The Bertz CT molecular complexity index is 454. The summed E-state index contributed by atoms with van der Waals surface area (Å²) in [5, 5.41) is 0. The number of nitrogen functional groups attached to an aromatic ring is 1. The van der Waals surface area contributed by atoms with Gasteiger partial charge in [0.05, 0.1) is 12.6 Å². The maximum Gasteiger partial charge on any atom is 0.138 e. The predicted octanol–water partition coefficient (Wildman–Crippen LogP) is 2.53. The van der Waals surface area contributed by atoms with E-state index in [1.165, 1.54) is 0 Å². The van der Waals surface area contributed by atoms with Crippen LogP contribution in [0.3, 0.4) is 0 Å². The normalized spacial score (nSPS) is 13.3. The van der Waals surface area contributed by atoms with Crippen molar-refractivity contribution >= 4 is 11.6 Å². The fourth-order valence-corrected chi connectivity index (χ4v) is 2.14. The van der Waals surface area contributed by atoms with Gasteiger partial charge in [0.2, 0.25) is 0 Å². The van der Waals surface area contributed by atoms with Crippen molar-refractivity contribution in [3.63, 3.8) is 0 Å². The molecule has 0 aromatic carbocycles. The Morgan fingerprint density at radius 3 is 2.35 bits per heavy atom. The van der Waals surface area contributed by atoms with E-state index in [4.69, 9.17) is 15.5 Å². The Morgan fingerprint density at radius 2 is 1.90 bits per heavy atom. The zero-order valence-electron chi connectivity index (χ0n) is 13.8. The van der Waals surface area contributed by atoms with Gasteiger partial charge in [-0.3, -0.25) is 0 Å². The Labute approximate surface area is 122 Å². The van der Waals surface area contributed by atoms with Gasteiger partial charge in [-0.1, -0.05) is 20.8 Å². The van der Waals surface area contributed by atoms with Crippen molar-refractivity contribution in [2.45, 2.75) is 53.0 Å². The van der Waals surface area contributed by atoms with Crippen molar-refractivity contribution < 1.29 is 4.74 Å². The smallest absolute Gasteiger partial charge is 0.138 e. The first-order chi connectivity index (χ1) is 9.22. The fourth-order valence-electron chi connectivity index (χ4n) is 2.14. The first kappa shape index (κ1) is 16.7. The summed E-state index contributed by atoms with van der Waals surface area (Å²) in [4.78, 5) is 11.4. The predicted molar refractivity (Wildman–Crippen MR) is 84.2 cm³/mol. The number of hydrogen-bond donors (Lipinski definition) is 1. The summed E-state index contributed by atoms with van der Waals surface area (Å²) in [6.07, 6.45) is 0. The zero-order chi connectivity index (χ0) is 15.5. The van der Waals surface area contributed by atoms with Crippen LogP contribution < -0.4 is 10.6 Å². The number of anilines is 2. The van der Waals surface area contributed by atoms with E-state index in [1.807, 2.05) is 6.92 Å². The van der Waals surface area contributed by atoms with Crippen LogP contribution in [-0.2, 0) is 10.2 Å². The van der Waals surface area contributed by atoms with E-state index in [0.717, 1.165) is 23.8 Å². The Morgan fingerprint density at radius 1 is 1.30 bits per heavy atom. The van der Waals surface area contributed by atoms with E-state index >= 15 is 0 Å². The van der Waals surface area contributed by atoms with Gasteiger partial charge in [0.25, 0.3) is 0 Å². The summed E-state index contributed by atoms with van der Waals surface area (Å²) in [5.41, 5.74) is 6.88. The highest BCUT2D eigenvalue weighted by molar-refractivity contribution is 5.57. The van der Waals surface area contributed by atoms with Crippen LogP contribution in [0.4, 0.5) is 11.6 Å². The molecule has 0 radical (unpaired) electrons. The fraction of sp³-hybridized carbons (Fsp3) is 0.733. The molecule has 0 saturated carbocycles. The molecule has 1 heterocycles. The lowest BCUT2D eigenvalue weighted by Crippen LogP contribution is -2.38. The molecular weight excluding hydrogens is 252 g/mol. The molecule has 0 aliphatic rings. The molecule has 5 heteroatoms. The van der Waals surface area contributed by atoms with Crippen molar-refractivity contribution in [3.05, 3.63) is 11.4 Å². The Balaban J connectivity index is 3.30. The van der Waals surface area contributed by atoms with Gasteiger partial charge in [0.1, 0.15) is 17.5 Å². The Hall–Kier alpha value is -1.36. The Kier molecular flexibility index (Phi) is 5.34. The van der Waals surface area contributed by atoms with Gasteiger partial charge in [-0.25, -0.2) is 9.97 Å². The number of likely N-dealkylation sites (N-methyl/N-ethyl adjacent to an activating group) is 1. The van der Waals surface area contributed by atoms with E-state index in [9.17, 15) is 0 Å². The summed E-state index contributed by atoms with van der Waals surface area (Å²) in [7, 11) is 1.71. The number of aromatic nitrogens is 2. The quantitative estimate of drug-likeness (QED) is 0.898. The summed E-state index contributed by atoms with van der Waals surface area (Å²) in [6, 6.07) is 0.241. The summed E-state index contributed by atoms with van der Waals surface area (Å²) < 4.78 is 5.26. The van der Waals surface area contributed by atoms with Gasteiger partial charge in [0.15, 0.2) is 0 Å². The molecule has 114 valence electrons. The summed E-state index contributed by atoms with van der Waals surface area (Å²) in [5.74, 6) is 2.25. The standard InChI is InChI=1S/C15H28N4O/c1-8-19(10(2)9-20-7)13-11(3)12(16)17-14(18-13)15(4,5)6/h10H,8-9H2,1-7H3,(H2,16,17,18). The molecule has 1 aromatic heterocycles. The molecule has 1 atom stereocenters. The van der Waals surface area contributed by atoms with Crippen molar-refractivity contribution in [2.75, 3.05) is 30.9 Å². The number of rotatable bonds is 5. The average molecular weight is 280 g/mol. The van der Waals surface area contributed by atoms with Crippen molar-refractivity contribution in [2.24, 2.45) is 0 Å². The van der Waals surface area contributed by atoms with Gasteiger partial charge < -0.3 is 15.4 Å². The van der Waals surface area contributed by atoms with Crippen LogP contribution in [0.5, 0.6) is 0 Å². The third-order valence-electron chi connectivity index (χ3n) is 3.38. The van der Waals surface area contributed by atoms with Crippen LogP contribution in [0.1, 0.15) is 46.0 Å². The van der Waals surface area contributed by atoms with Crippen molar-refractivity contribution in [1.82, 2.24) is 9.97 Å². The molecule has 1 aromatic rings. The van der Waals surface area contributed by atoms with Crippen LogP contribution in [0.15, 0.2) is 0 Å². The van der Waals surface area contributed by atoms with E-state index in [1.54, 1.807) is 7.11 Å². The topological polar surface area (TPSA) is 64.3 Å². The molecule has 2 N–H and O–H groups in total. The molecule has 5 nitrogen and oxygen atoms in total. The van der Waals surface area contributed by atoms with E-state index < -0.39 is 0 Å². The second kappa shape index (κ2) is 6.39. The van der Waals surface area contributed by atoms with Crippen LogP contribution in [0.25, 0.3) is 0 Å². The molecule has 1 unspecified atom stereocenters. The minimum Gasteiger partial charge on any atom is -0.383 e. The number of methoxy groups -OCH3 is 1. The molecule has 0 bridgehead atoms. The van der Waals surface area contributed by atoms with Crippen LogP contribution in [0, 0.1) is 6.92 Å². The van der Waals surface area contributed by atoms with E-state index in [0.29, 0.717) is 12.4 Å². The summed E-state index contributed by atoms with van der Waals surface area (Å²) >= 11 is 0. The first-order valence-electron chi connectivity index (χ1n) is 7.12. The van der Waals surface area contributed by atoms with Gasteiger partial charge in [-0.15, -0.1) is 0 Å². The average Bonchev–Trinajstić information content (AvgIpc) is 2.34. The minimum absolute atomic E-state index is 0.125. The molecule has 0 amide bonds. The van der Waals surface area contributed by atoms with Crippen molar-refractivity contribution in [3.8, 4) is 0 Å². The monoisotopic (exact) mass is 280 g/mol. The van der Waals surface area contributed by atoms with Gasteiger partial charge >= 0.3 is 0 Å². The SMILES string of the molecule is CCN(c1nc(C(C)(C)C)nc(N)c1C)C(C)COC. The molecule has 0 aliphatic heterocycles. The lowest BCUT2D eigenvalue weighted by molar-refractivity contribution is 0.181. The van der Waals surface area contributed by atoms with Gasteiger partial charge in [-0.2, -0.15) is 0 Å². The highest BCUT2D eigenvalue weighted by Gasteiger charge is 2.24. The number of nitrogens with zero attached hydrogens (tertiary/aromatic N) is 3. The second-order valence-electron chi connectivity index (χ2n) is 6.22. The molecule has 20 heavy (non-hydrogen) atoms. The number of hydrogen-bond acceptors (Lipinski definition) is 5. The van der Waals surface area contributed by atoms with Crippen LogP contribution >= 0.6 is 0 Å². The molecular formula is C15H28N4O. The van der Waals surface area contributed by atoms with Gasteiger partial charge in [0, 0.05) is 24.6 Å². The first-order valence-corrected chi connectivity index (χ1v) is 7.12. The molecule has 0 spiro atoms. The number of nitrogens with two attached hydrogens (primary N) is 1. The van der Waals surface area contributed by atoms with E-state index in [-0.39, 0.29) is 11.5 Å². The number of ether oxygens (including phenoxy) is 1. The summed E-state index contributed by atoms with van der Waals surface area (Å²) in [6.45, 7) is 14.0.